The Morgan fingerprint density at radius 2 is 1.47 bits per heavy atom. The zero-order valence-corrected chi connectivity index (χ0v) is 20.1. The van der Waals surface area contributed by atoms with Crippen LogP contribution in [0.1, 0.15) is 17.0 Å². The van der Waals surface area contributed by atoms with Gasteiger partial charge >= 0.3 is 6.03 Å². The van der Waals surface area contributed by atoms with Gasteiger partial charge in [-0.2, -0.15) is 0 Å². The molecular formula is C23H16Br2FN3O3. The van der Waals surface area contributed by atoms with Gasteiger partial charge in [0.15, 0.2) is 0 Å². The van der Waals surface area contributed by atoms with Gasteiger partial charge in [0.2, 0.25) is 0 Å². The molecule has 4 rings (SSSR count). The van der Waals surface area contributed by atoms with E-state index in [9.17, 15) is 18.8 Å². The molecule has 2 heterocycles. The fraction of sp³-hybridized carbons (Fsp3) is 0.0870. The lowest BCUT2D eigenvalue weighted by Crippen LogP contribution is -2.54. The van der Waals surface area contributed by atoms with Gasteiger partial charge in [-0.1, -0.05) is 15.9 Å². The van der Waals surface area contributed by atoms with E-state index in [-0.39, 0.29) is 11.3 Å². The van der Waals surface area contributed by atoms with Crippen molar-refractivity contribution in [2.45, 2.75) is 13.8 Å². The zero-order chi connectivity index (χ0) is 23.2. The third-order valence-corrected chi connectivity index (χ3v) is 6.70. The standard InChI is InChI=1S/C23H16Br2FN3O3/c1-12-18(20(25)13(2)28(12)16-7-3-14(24)4-8-16)11-19-21(30)27-23(32)29(22(19)31)17-9-5-15(26)6-10-17/h3-11H,1-2H3,(H,27,30,32)/b19-11+. The SMILES string of the molecule is Cc1c(Br)c(/C=C2\C(=O)NC(=O)N(c3ccc(F)cc3)C2=O)c(C)n1-c1ccc(Br)cc1. The lowest BCUT2D eigenvalue weighted by Gasteiger charge is -2.26. The highest BCUT2D eigenvalue weighted by molar-refractivity contribution is 9.10. The van der Waals surface area contributed by atoms with Gasteiger partial charge in [0.05, 0.1) is 5.69 Å². The molecule has 0 aliphatic carbocycles. The highest BCUT2D eigenvalue weighted by atomic mass is 79.9. The molecule has 2 aromatic carbocycles. The van der Waals surface area contributed by atoms with Crippen molar-refractivity contribution in [3.05, 3.63) is 85.8 Å². The molecule has 0 bridgehead atoms. The Labute approximate surface area is 200 Å². The second-order valence-electron chi connectivity index (χ2n) is 7.14. The Balaban J connectivity index is 1.80. The molecule has 3 aromatic rings. The molecule has 4 amide bonds. The molecule has 0 spiro atoms. The van der Waals surface area contributed by atoms with E-state index in [1.54, 1.807) is 0 Å². The molecule has 1 aliphatic heterocycles. The molecule has 1 N–H and O–H groups in total. The predicted octanol–water partition coefficient (Wildman–Crippen LogP) is 5.42. The maximum atomic E-state index is 13.3. The quantitative estimate of drug-likeness (QED) is 0.343. The lowest BCUT2D eigenvalue weighted by atomic mass is 10.1. The van der Waals surface area contributed by atoms with E-state index in [1.807, 2.05) is 42.7 Å². The van der Waals surface area contributed by atoms with Crippen LogP contribution in [0.2, 0.25) is 0 Å². The largest absolute Gasteiger partial charge is 0.335 e. The minimum atomic E-state index is -0.886. The average Bonchev–Trinajstić information content (AvgIpc) is 2.96. The van der Waals surface area contributed by atoms with Crippen LogP contribution < -0.4 is 10.2 Å². The highest BCUT2D eigenvalue weighted by Crippen LogP contribution is 2.33. The summed E-state index contributed by atoms with van der Waals surface area (Å²) in [6.45, 7) is 3.79. The Morgan fingerprint density at radius 1 is 0.875 bits per heavy atom. The molecule has 0 saturated carbocycles. The molecule has 6 nitrogen and oxygen atoms in total. The monoisotopic (exact) mass is 559 g/mol. The van der Waals surface area contributed by atoms with E-state index in [1.165, 1.54) is 18.2 Å². The van der Waals surface area contributed by atoms with Gasteiger partial charge in [0.25, 0.3) is 11.8 Å². The van der Waals surface area contributed by atoms with Crippen molar-refractivity contribution in [2.75, 3.05) is 4.90 Å². The number of hydrogen-bond donors (Lipinski definition) is 1. The van der Waals surface area contributed by atoms with Crippen molar-refractivity contribution in [2.24, 2.45) is 0 Å². The number of nitrogens with one attached hydrogen (secondary N) is 1. The first-order valence-electron chi connectivity index (χ1n) is 9.49. The third-order valence-electron chi connectivity index (χ3n) is 5.17. The maximum absolute atomic E-state index is 13.3. The molecule has 0 radical (unpaired) electrons. The van der Waals surface area contributed by atoms with Crippen molar-refractivity contribution < 1.29 is 18.8 Å². The third kappa shape index (κ3) is 3.82. The van der Waals surface area contributed by atoms with Gasteiger partial charge < -0.3 is 4.57 Å². The fourth-order valence-corrected chi connectivity index (χ4v) is 4.44. The van der Waals surface area contributed by atoms with Crippen LogP contribution in [-0.4, -0.2) is 22.4 Å². The summed E-state index contributed by atoms with van der Waals surface area (Å²) < 4.78 is 16.9. The summed E-state index contributed by atoms with van der Waals surface area (Å²) in [7, 11) is 0. The number of carbonyl (C=O) groups excluding carboxylic acids is 3. The summed E-state index contributed by atoms with van der Waals surface area (Å²) in [6, 6.07) is 11.7. The van der Waals surface area contributed by atoms with Gasteiger partial charge in [0, 0.05) is 31.6 Å². The number of nitrogens with zero attached hydrogens (tertiary/aromatic N) is 2. The molecule has 1 saturated heterocycles. The highest BCUT2D eigenvalue weighted by Gasteiger charge is 2.37. The second kappa shape index (κ2) is 8.48. The average molecular weight is 561 g/mol. The van der Waals surface area contributed by atoms with Gasteiger partial charge in [-0.3, -0.25) is 14.9 Å². The molecule has 0 unspecified atom stereocenters. The van der Waals surface area contributed by atoms with Gasteiger partial charge in [-0.15, -0.1) is 0 Å². The first kappa shape index (κ1) is 22.2. The summed E-state index contributed by atoms with van der Waals surface area (Å²) in [4.78, 5) is 38.8. The van der Waals surface area contributed by atoms with Crippen molar-refractivity contribution >= 4 is 61.5 Å². The fourth-order valence-electron chi connectivity index (χ4n) is 3.60. The van der Waals surface area contributed by atoms with Crippen molar-refractivity contribution in [1.29, 1.82) is 0 Å². The number of anilines is 1. The minimum absolute atomic E-state index is 0.159. The molecule has 9 heteroatoms. The van der Waals surface area contributed by atoms with E-state index >= 15 is 0 Å². The van der Waals surface area contributed by atoms with Crippen LogP contribution in [0.5, 0.6) is 0 Å². The van der Waals surface area contributed by atoms with Crippen LogP contribution in [0.15, 0.2) is 63.0 Å². The Hall–Kier alpha value is -3.04. The Morgan fingerprint density at radius 3 is 2.09 bits per heavy atom. The number of barbiturate groups is 1. The second-order valence-corrected chi connectivity index (χ2v) is 8.85. The van der Waals surface area contributed by atoms with E-state index in [2.05, 4.69) is 37.2 Å². The van der Waals surface area contributed by atoms with Gasteiger partial charge in [-0.25, -0.2) is 14.1 Å². The minimum Gasteiger partial charge on any atom is -0.317 e. The van der Waals surface area contributed by atoms with Crippen LogP contribution in [-0.2, 0) is 9.59 Å². The number of halogens is 3. The van der Waals surface area contributed by atoms with E-state index < -0.39 is 23.7 Å². The molecule has 162 valence electrons. The summed E-state index contributed by atoms with van der Waals surface area (Å²) in [5.41, 5.74) is 3.19. The molecule has 1 fully saturated rings. The molecule has 1 aromatic heterocycles. The number of rotatable bonds is 3. The normalized spacial score (nSPS) is 15.5. The summed E-state index contributed by atoms with van der Waals surface area (Å²) in [5.74, 6) is -2.08. The van der Waals surface area contributed by atoms with Crippen LogP contribution in [0.3, 0.4) is 0 Å². The van der Waals surface area contributed by atoms with E-state index in [4.69, 9.17) is 0 Å². The molecule has 0 atom stereocenters. The number of urea groups is 1. The Bertz CT molecular complexity index is 1300. The number of amides is 4. The first-order valence-corrected chi connectivity index (χ1v) is 11.1. The summed E-state index contributed by atoms with van der Waals surface area (Å²) in [6.07, 6.45) is 1.46. The topological polar surface area (TPSA) is 71.4 Å². The molecule has 32 heavy (non-hydrogen) atoms. The number of carbonyl (C=O) groups is 3. The van der Waals surface area contributed by atoms with Crippen molar-refractivity contribution in [1.82, 2.24) is 9.88 Å². The molecular weight excluding hydrogens is 545 g/mol. The zero-order valence-electron chi connectivity index (χ0n) is 16.9. The maximum Gasteiger partial charge on any atom is 0.335 e. The van der Waals surface area contributed by atoms with Crippen LogP contribution >= 0.6 is 31.9 Å². The van der Waals surface area contributed by atoms with Gasteiger partial charge in [-0.05, 0) is 84.4 Å². The van der Waals surface area contributed by atoms with E-state index in [0.717, 1.165) is 43.1 Å². The van der Waals surface area contributed by atoms with Crippen LogP contribution in [0.25, 0.3) is 11.8 Å². The van der Waals surface area contributed by atoms with Crippen molar-refractivity contribution in [3.8, 4) is 5.69 Å². The van der Waals surface area contributed by atoms with Crippen LogP contribution in [0, 0.1) is 19.7 Å². The van der Waals surface area contributed by atoms with Gasteiger partial charge in [0.1, 0.15) is 11.4 Å². The molecule has 1 aliphatic rings. The smallest absolute Gasteiger partial charge is 0.317 e. The number of imide groups is 2. The number of hydrogen-bond acceptors (Lipinski definition) is 3. The summed E-state index contributed by atoms with van der Waals surface area (Å²) >= 11 is 6.99. The lowest BCUT2D eigenvalue weighted by molar-refractivity contribution is -0.122. The number of aromatic nitrogens is 1. The van der Waals surface area contributed by atoms with Crippen molar-refractivity contribution in [3.63, 3.8) is 0 Å². The Kier molecular flexibility index (Phi) is 5.87. The predicted molar refractivity (Wildman–Crippen MR) is 126 cm³/mol. The first-order chi connectivity index (χ1) is 15.2. The summed E-state index contributed by atoms with van der Waals surface area (Å²) in [5, 5.41) is 2.18. The number of benzene rings is 2. The van der Waals surface area contributed by atoms with E-state index in [0.29, 0.717) is 5.56 Å². The van der Waals surface area contributed by atoms with Crippen LogP contribution in [0.4, 0.5) is 14.9 Å².